The van der Waals surface area contributed by atoms with E-state index in [1.54, 1.807) is 0 Å². The van der Waals surface area contributed by atoms with Gasteiger partial charge in [0.05, 0.1) is 5.75 Å². The molecule has 1 aliphatic rings. The van der Waals surface area contributed by atoms with Gasteiger partial charge in [0.1, 0.15) is 0 Å². The van der Waals surface area contributed by atoms with Gasteiger partial charge in [0, 0.05) is 30.3 Å². The van der Waals surface area contributed by atoms with Gasteiger partial charge in [-0.3, -0.25) is 14.2 Å². The molecule has 2 N–H and O–H groups in total. The lowest BCUT2D eigenvalue weighted by Crippen LogP contribution is -2.37. The highest BCUT2D eigenvalue weighted by atomic mass is 32.2. The van der Waals surface area contributed by atoms with E-state index in [1.807, 2.05) is 65.2 Å². The van der Waals surface area contributed by atoms with Crippen molar-refractivity contribution >= 4 is 23.6 Å². The Hall–Kier alpha value is -3.13. The summed E-state index contributed by atoms with van der Waals surface area (Å²) in [6.45, 7) is 0.864. The summed E-state index contributed by atoms with van der Waals surface area (Å²) in [6.07, 6.45) is 4.21. The Bertz CT molecular complexity index is 1030. The number of hydrogen-bond donors (Lipinski definition) is 2. The minimum Gasteiger partial charge on any atom is -0.354 e. The minimum atomic E-state index is -0.103. The predicted octanol–water partition coefficient (Wildman–Crippen LogP) is 3.45. The van der Waals surface area contributed by atoms with Gasteiger partial charge in [0.15, 0.2) is 11.0 Å². The van der Waals surface area contributed by atoms with Gasteiger partial charge in [-0.2, -0.15) is 0 Å². The van der Waals surface area contributed by atoms with Crippen molar-refractivity contribution in [2.75, 3.05) is 18.8 Å². The van der Waals surface area contributed by atoms with E-state index in [-0.39, 0.29) is 23.5 Å². The number of benzene rings is 2. The van der Waals surface area contributed by atoms with Crippen LogP contribution in [0.1, 0.15) is 25.7 Å². The number of nitrogens with one attached hydrogen (secondary N) is 2. The molecule has 8 heteroatoms. The molecule has 7 nitrogen and oxygen atoms in total. The zero-order chi connectivity index (χ0) is 22.2. The Balaban J connectivity index is 1.34. The second kappa shape index (κ2) is 10.9. The van der Waals surface area contributed by atoms with Gasteiger partial charge in [-0.15, -0.1) is 10.2 Å². The van der Waals surface area contributed by atoms with Gasteiger partial charge in [0.25, 0.3) is 0 Å². The molecule has 0 bridgehead atoms. The van der Waals surface area contributed by atoms with Crippen LogP contribution >= 0.6 is 11.8 Å². The first-order chi connectivity index (χ1) is 15.7. The van der Waals surface area contributed by atoms with E-state index < -0.39 is 0 Å². The lowest BCUT2D eigenvalue weighted by Gasteiger charge is -2.11. The molecule has 1 aliphatic carbocycles. The molecule has 2 amide bonds. The Morgan fingerprint density at radius 2 is 1.56 bits per heavy atom. The minimum absolute atomic E-state index is 0.103. The van der Waals surface area contributed by atoms with Crippen LogP contribution in [0.15, 0.2) is 65.8 Å². The second-order valence-electron chi connectivity index (χ2n) is 7.75. The molecule has 1 heterocycles. The molecule has 166 valence electrons. The molecule has 32 heavy (non-hydrogen) atoms. The highest BCUT2D eigenvalue weighted by molar-refractivity contribution is 7.99. The zero-order valence-corrected chi connectivity index (χ0v) is 18.7. The maximum Gasteiger partial charge on any atom is 0.230 e. The predicted molar refractivity (Wildman–Crippen MR) is 125 cm³/mol. The first-order valence-corrected chi connectivity index (χ1v) is 11.9. The van der Waals surface area contributed by atoms with E-state index in [2.05, 4.69) is 20.8 Å². The third-order valence-corrected chi connectivity index (χ3v) is 6.41. The molecule has 1 aromatic heterocycles. The van der Waals surface area contributed by atoms with Crippen LogP contribution < -0.4 is 10.6 Å². The van der Waals surface area contributed by atoms with Gasteiger partial charge >= 0.3 is 0 Å². The van der Waals surface area contributed by atoms with Crippen LogP contribution in [0, 0.1) is 5.92 Å². The van der Waals surface area contributed by atoms with E-state index in [4.69, 9.17) is 0 Å². The third kappa shape index (κ3) is 5.56. The summed E-state index contributed by atoms with van der Waals surface area (Å²) in [4.78, 5) is 24.4. The van der Waals surface area contributed by atoms with Crippen LogP contribution in [0.4, 0.5) is 0 Å². The van der Waals surface area contributed by atoms with Crippen molar-refractivity contribution in [3.63, 3.8) is 0 Å². The number of rotatable bonds is 9. The summed E-state index contributed by atoms with van der Waals surface area (Å²) in [5.74, 6) is 1.10. The third-order valence-electron chi connectivity index (χ3n) is 5.48. The number of carbonyl (C=O) groups excluding carboxylic acids is 2. The van der Waals surface area contributed by atoms with E-state index in [0.29, 0.717) is 18.2 Å². The number of carbonyl (C=O) groups is 2. The molecular weight excluding hydrogens is 422 g/mol. The summed E-state index contributed by atoms with van der Waals surface area (Å²) >= 11 is 1.34. The highest BCUT2D eigenvalue weighted by Gasteiger charge is 2.22. The van der Waals surface area contributed by atoms with Gasteiger partial charge in [-0.25, -0.2) is 0 Å². The molecule has 1 fully saturated rings. The number of hydrogen-bond acceptors (Lipinski definition) is 5. The second-order valence-corrected chi connectivity index (χ2v) is 8.70. The molecule has 3 aromatic rings. The van der Waals surface area contributed by atoms with Crippen molar-refractivity contribution in [3.8, 4) is 17.1 Å². The van der Waals surface area contributed by atoms with Crippen molar-refractivity contribution in [2.45, 2.75) is 30.8 Å². The maximum atomic E-state index is 12.3. The molecule has 1 saturated carbocycles. The quantitative estimate of drug-likeness (QED) is 0.386. The van der Waals surface area contributed by atoms with Crippen molar-refractivity contribution < 1.29 is 9.59 Å². The summed E-state index contributed by atoms with van der Waals surface area (Å²) in [6, 6.07) is 19.7. The molecule has 2 aromatic carbocycles. The summed E-state index contributed by atoms with van der Waals surface area (Å²) in [7, 11) is 0. The monoisotopic (exact) mass is 449 g/mol. The average Bonchev–Trinajstić information content (AvgIpc) is 3.52. The molecule has 0 radical (unpaired) electrons. The molecule has 0 atom stereocenters. The maximum absolute atomic E-state index is 12.3. The molecule has 0 unspecified atom stereocenters. The van der Waals surface area contributed by atoms with Gasteiger partial charge in [0.2, 0.25) is 11.8 Å². The standard InChI is InChI=1S/C24H27N5O2S/c30-21(25-15-16-26-23(31)19-11-7-8-12-19)17-32-24-28-27-22(18-9-3-1-4-10-18)29(24)20-13-5-2-6-14-20/h1-6,9-10,13-14,19H,7-8,11-12,15-17H2,(H,25,30)(H,26,31). The van der Waals surface area contributed by atoms with Crippen LogP contribution in [0.25, 0.3) is 17.1 Å². The van der Waals surface area contributed by atoms with Crippen molar-refractivity contribution in [1.82, 2.24) is 25.4 Å². The highest BCUT2D eigenvalue weighted by Crippen LogP contribution is 2.27. The van der Waals surface area contributed by atoms with Crippen molar-refractivity contribution in [1.29, 1.82) is 0 Å². The summed E-state index contributed by atoms with van der Waals surface area (Å²) in [5.41, 5.74) is 1.90. The molecule has 0 aliphatic heterocycles. The fourth-order valence-corrected chi connectivity index (χ4v) is 4.63. The summed E-state index contributed by atoms with van der Waals surface area (Å²) in [5, 5.41) is 15.2. The van der Waals surface area contributed by atoms with Crippen LogP contribution in [0.3, 0.4) is 0 Å². The van der Waals surface area contributed by atoms with E-state index in [9.17, 15) is 9.59 Å². The number of para-hydroxylation sites is 1. The van der Waals surface area contributed by atoms with Crippen LogP contribution in [0.2, 0.25) is 0 Å². The normalized spacial score (nSPS) is 13.8. The smallest absolute Gasteiger partial charge is 0.230 e. The Morgan fingerprint density at radius 1 is 0.906 bits per heavy atom. The van der Waals surface area contributed by atoms with Crippen LogP contribution in [-0.4, -0.2) is 45.4 Å². The molecule has 0 saturated heterocycles. The summed E-state index contributed by atoms with van der Waals surface area (Å²) < 4.78 is 1.97. The van der Waals surface area contributed by atoms with Gasteiger partial charge < -0.3 is 10.6 Å². The van der Waals surface area contributed by atoms with Crippen LogP contribution in [-0.2, 0) is 9.59 Å². The van der Waals surface area contributed by atoms with E-state index in [1.165, 1.54) is 11.8 Å². The van der Waals surface area contributed by atoms with Gasteiger partial charge in [-0.05, 0) is 25.0 Å². The fraction of sp³-hybridized carbons (Fsp3) is 0.333. The Kier molecular flexibility index (Phi) is 7.55. The fourth-order valence-electron chi connectivity index (χ4n) is 3.85. The molecular formula is C24H27N5O2S. The topological polar surface area (TPSA) is 88.9 Å². The Morgan fingerprint density at radius 3 is 2.28 bits per heavy atom. The number of thioether (sulfide) groups is 1. The zero-order valence-electron chi connectivity index (χ0n) is 17.9. The van der Waals surface area contributed by atoms with Crippen LogP contribution in [0.5, 0.6) is 0 Å². The average molecular weight is 450 g/mol. The first kappa shape index (κ1) is 22.1. The lowest BCUT2D eigenvalue weighted by atomic mass is 10.1. The van der Waals surface area contributed by atoms with E-state index in [0.717, 1.165) is 42.8 Å². The van der Waals surface area contributed by atoms with E-state index >= 15 is 0 Å². The lowest BCUT2D eigenvalue weighted by molar-refractivity contribution is -0.125. The molecule has 0 spiro atoms. The molecule has 4 rings (SSSR count). The first-order valence-electron chi connectivity index (χ1n) is 11.0. The van der Waals surface area contributed by atoms with Crippen molar-refractivity contribution in [3.05, 3.63) is 60.7 Å². The largest absolute Gasteiger partial charge is 0.354 e. The Labute approximate surface area is 192 Å². The number of amides is 2. The number of aromatic nitrogens is 3. The van der Waals surface area contributed by atoms with Crippen molar-refractivity contribution in [2.24, 2.45) is 5.92 Å². The SMILES string of the molecule is O=C(CSc1nnc(-c2ccccc2)n1-c1ccccc1)NCCNC(=O)C1CCCC1. The van der Waals surface area contributed by atoms with Gasteiger partial charge in [-0.1, -0.05) is 73.1 Å². The number of nitrogens with zero attached hydrogens (tertiary/aromatic N) is 3.